The highest BCUT2D eigenvalue weighted by molar-refractivity contribution is 6.63. The van der Waals surface area contributed by atoms with Gasteiger partial charge in [0.25, 0.3) is 0 Å². The third-order valence-corrected chi connectivity index (χ3v) is 4.48. The molecule has 0 fully saturated rings. The van der Waals surface area contributed by atoms with E-state index < -0.39 is 0 Å². The molecule has 0 saturated carbocycles. The molecule has 0 saturated heterocycles. The smallest absolute Gasteiger partial charge is 0.221 e. The molecule has 0 aliphatic carbocycles. The van der Waals surface area contributed by atoms with E-state index >= 15 is 0 Å². The predicted octanol–water partition coefficient (Wildman–Crippen LogP) is 8.13. The van der Waals surface area contributed by atoms with Crippen LogP contribution in [0.1, 0.15) is 110 Å². The Balaban J connectivity index is 3.15. The molecule has 0 bridgehead atoms. The summed E-state index contributed by atoms with van der Waals surface area (Å²) >= 11 is 5.29. The van der Waals surface area contributed by atoms with Crippen LogP contribution in [-0.2, 0) is 4.79 Å². The van der Waals surface area contributed by atoms with E-state index in [0.717, 1.165) is 12.8 Å². The number of carbonyl (C=O) groups is 1. The van der Waals surface area contributed by atoms with Gasteiger partial charge in [0.2, 0.25) is 5.24 Å². The van der Waals surface area contributed by atoms with Crippen LogP contribution in [0.5, 0.6) is 0 Å². The molecule has 1 nitrogen and oxygen atoms in total. The van der Waals surface area contributed by atoms with Crippen LogP contribution in [0, 0.1) is 0 Å². The molecule has 0 N–H and O–H groups in total. The SMILES string of the molecule is CCCCCCCC/C=C/CCCCCC/C=C/CCCC(=O)Cl. The summed E-state index contributed by atoms with van der Waals surface area (Å²) < 4.78 is 0. The van der Waals surface area contributed by atoms with E-state index in [0.29, 0.717) is 6.42 Å². The zero-order valence-electron chi connectivity index (χ0n) is 15.9. The average molecular weight is 355 g/mol. The summed E-state index contributed by atoms with van der Waals surface area (Å²) in [6, 6.07) is 0. The van der Waals surface area contributed by atoms with Gasteiger partial charge in [-0.3, -0.25) is 4.79 Å². The summed E-state index contributed by atoms with van der Waals surface area (Å²) in [4.78, 5) is 10.6. The molecule has 0 atom stereocenters. The van der Waals surface area contributed by atoms with Gasteiger partial charge in [0.05, 0.1) is 0 Å². The maximum atomic E-state index is 10.6. The van der Waals surface area contributed by atoms with Gasteiger partial charge in [-0.05, 0) is 63.0 Å². The minimum absolute atomic E-state index is 0.218. The number of carbonyl (C=O) groups excluding carboxylic acids is 1. The minimum Gasteiger partial charge on any atom is -0.281 e. The van der Waals surface area contributed by atoms with Crippen LogP contribution in [0.4, 0.5) is 0 Å². The number of unbranched alkanes of at least 4 members (excludes halogenated alkanes) is 12. The topological polar surface area (TPSA) is 17.1 Å². The monoisotopic (exact) mass is 354 g/mol. The highest BCUT2D eigenvalue weighted by atomic mass is 35.5. The normalized spacial score (nSPS) is 11.8. The summed E-state index contributed by atoms with van der Waals surface area (Å²) in [7, 11) is 0. The van der Waals surface area contributed by atoms with Crippen molar-refractivity contribution >= 4 is 16.8 Å². The minimum atomic E-state index is -0.218. The molecule has 140 valence electrons. The van der Waals surface area contributed by atoms with E-state index in [1.54, 1.807) is 0 Å². The molecule has 0 aromatic heterocycles. The Morgan fingerprint density at radius 2 is 1.00 bits per heavy atom. The highest BCUT2D eigenvalue weighted by Crippen LogP contribution is 2.09. The number of rotatable bonds is 18. The first-order valence-corrected chi connectivity index (χ1v) is 10.6. The summed E-state index contributed by atoms with van der Waals surface area (Å²) in [6.07, 6.45) is 28.9. The van der Waals surface area contributed by atoms with Crippen molar-refractivity contribution in [2.24, 2.45) is 0 Å². The number of hydrogen-bond donors (Lipinski definition) is 0. The van der Waals surface area contributed by atoms with Crippen LogP contribution in [0.25, 0.3) is 0 Å². The second kappa shape index (κ2) is 20.5. The van der Waals surface area contributed by atoms with Gasteiger partial charge in [-0.2, -0.15) is 0 Å². The lowest BCUT2D eigenvalue weighted by Crippen LogP contribution is -1.83. The Hall–Kier alpha value is -0.560. The molecule has 0 aromatic carbocycles. The van der Waals surface area contributed by atoms with Crippen LogP contribution in [0.2, 0.25) is 0 Å². The van der Waals surface area contributed by atoms with Gasteiger partial charge in [0.1, 0.15) is 0 Å². The molecule has 0 amide bonds. The van der Waals surface area contributed by atoms with E-state index in [1.165, 1.54) is 83.5 Å². The van der Waals surface area contributed by atoms with Gasteiger partial charge in [0.15, 0.2) is 0 Å². The van der Waals surface area contributed by atoms with Gasteiger partial charge in [-0.25, -0.2) is 0 Å². The summed E-state index contributed by atoms with van der Waals surface area (Å²) in [5.74, 6) is 0. The summed E-state index contributed by atoms with van der Waals surface area (Å²) in [6.45, 7) is 2.27. The maximum absolute atomic E-state index is 10.6. The maximum Gasteiger partial charge on any atom is 0.221 e. The average Bonchev–Trinajstić information content (AvgIpc) is 2.56. The third-order valence-electron chi connectivity index (χ3n) is 4.29. The second-order valence-corrected chi connectivity index (χ2v) is 7.16. The lowest BCUT2D eigenvalue weighted by molar-refractivity contribution is -0.111. The van der Waals surface area contributed by atoms with Crippen molar-refractivity contribution in [2.45, 2.75) is 110 Å². The van der Waals surface area contributed by atoms with E-state index in [4.69, 9.17) is 11.6 Å². The number of allylic oxidation sites excluding steroid dienone is 4. The molecular formula is C22H39ClO. The fourth-order valence-corrected chi connectivity index (χ4v) is 2.88. The van der Waals surface area contributed by atoms with Gasteiger partial charge < -0.3 is 0 Å². The lowest BCUT2D eigenvalue weighted by Gasteiger charge is -1.98. The van der Waals surface area contributed by atoms with Gasteiger partial charge in [-0.15, -0.1) is 0 Å². The van der Waals surface area contributed by atoms with E-state index in [-0.39, 0.29) is 5.24 Å². The molecule has 0 aliphatic heterocycles. The molecule has 0 aliphatic rings. The predicted molar refractivity (Wildman–Crippen MR) is 109 cm³/mol. The van der Waals surface area contributed by atoms with Gasteiger partial charge >= 0.3 is 0 Å². The van der Waals surface area contributed by atoms with Crippen molar-refractivity contribution in [3.05, 3.63) is 24.3 Å². The number of halogens is 1. The molecule has 0 spiro atoms. The first-order chi connectivity index (χ1) is 11.8. The Kier molecular flexibility index (Phi) is 20.0. The van der Waals surface area contributed by atoms with Gasteiger partial charge in [0, 0.05) is 6.42 Å². The van der Waals surface area contributed by atoms with E-state index in [2.05, 4.69) is 31.2 Å². The van der Waals surface area contributed by atoms with Crippen LogP contribution in [0.3, 0.4) is 0 Å². The first kappa shape index (κ1) is 23.4. The van der Waals surface area contributed by atoms with Crippen molar-refractivity contribution in [3.8, 4) is 0 Å². The fraction of sp³-hybridized carbons (Fsp3) is 0.773. The Labute approximate surface area is 155 Å². The fourth-order valence-electron chi connectivity index (χ4n) is 2.75. The van der Waals surface area contributed by atoms with Crippen LogP contribution in [0.15, 0.2) is 24.3 Å². The molecule has 0 radical (unpaired) electrons. The highest BCUT2D eigenvalue weighted by Gasteiger charge is 1.93. The Morgan fingerprint density at radius 1 is 0.625 bits per heavy atom. The van der Waals surface area contributed by atoms with Crippen molar-refractivity contribution in [1.29, 1.82) is 0 Å². The van der Waals surface area contributed by atoms with Gasteiger partial charge in [-0.1, -0.05) is 76.2 Å². The summed E-state index contributed by atoms with van der Waals surface area (Å²) in [5, 5.41) is -0.218. The first-order valence-electron chi connectivity index (χ1n) is 10.3. The van der Waals surface area contributed by atoms with Crippen molar-refractivity contribution < 1.29 is 4.79 Å². The zero-order chi connectivity index (χ0) is 17.7. The quantitative estimate of drug-likeness (QED) is 0.138. The molecule has 0 unspecified atom stereocenters. The lowest BCUT2D eigenvalue weighted by atomic mass is 10.1. The zero-order valence-corrected chi connectivity index (χ0v) is 16.7. The molecule has 0 heterocycles. The number of hydrogen-bond acceptors (Lipinski definition) is 1. The second-order valence-electron chi connectivity index (χ2n) is 6.74. The molecule has 0 rings (SSSR count). The molecule has 2 heteroatoms. The van der Waals surface area contributed by atoms with Crippen LogP contribution in [-0.4, -0.2) is 5.24 Å². The Bertz CT molecular complexity index is 320. The largest absolute Gasteiger partial charge is 0.281 e. The molecule has 24 heavy (non-hydrogen) atoms. The molecular weight excluding hydrogens is 316 g/mol. The van der Waals surface area contributed by atoms with E-state index in [1.807, 2.05) is 0 Å². The van der Waals surface area contributed by atoms with Crippen molar-refractivity contribution in [1.82, 2.24) is 0 Å². The van der Waals surface area contributed by atoms with Crippen LogP contribution < -0.4 is 0 Å². The van der Waals surface area contributed by atoms with Crippen molar-refractivity contribution in [2.75, 3.05) is 0 Å². The Morgan fingerprint density at radius 3 is 1.42 bits per heavy atom. The third kappa shape index (κ3) is 21.4. The van der Waals surface area contributed by atoms with Crippen LogP contribution >= 0.6 is 11.6 Å². The summed E-state index contributed by atoms with van der Waals surface area (Å²) in [5.41, 5.74) is 0. The molecule has 0 aromatic rings. The standard InChI is InChI=1S/C22H39ClO/c1-2-3-4-5-6-7-8-9-10-11-12-13-14-15-16-17-18-19-20-21-22(23)24/h9-10,17-18H,2-8,11-16,19-21H2,1H3/b10-9+,18-17+. The van der Waals surface area contributed by atoms with E-state index in [9.17, 15) is 4.79 Å². The van der Waals surface area contributed by atoms with Crippen molar-refractivity contribution in [3.63, 3.8) is 0 Å².